The number of ether oxygens (including phenoxy) is 1. The molecule has 0 saturated heterocycles. The molecular weight excluding hydrogens is 427 g/mol. The van der Waals surface area contributed by atoms with Crippen LogP contribution in [0.5, 0.6) is 5.88 Å². The number of anilines is 1. The first-order valence-electron chi connectivity index (χ1n) is 9.82. The van der Waals surface area contributed by atoms with Crippen molar-refractivity contribution in [1.82, 2.24) is 20.3 Å². The molecule has 1 aliphatic carbocycles. The van der Waals surface area contributed by atoms with Crippen molar-refractivity contribution in [2.75, 3.05) is 18.5 Å². The Morgan fingerprint density at radius 1 is 1.09 bits per heavy atom. The second-order valence-corrected chi connectivity index (χ2v) is 7.19. The first-order chi connectivity index (χ1) is 15.3. The molecule has 2 amide bonds. The summed E-state index contributed by atoms with van der Waals surface area (Å²) in [4.78, 5) is 36.2. The van der Waals surface area contributed by atoms with Gasteiger partial charge in [-0.2, -0.15) is 13.2 Å². The van der Waals surface area contributed by atoms with E-state index in [1.807, 2.05) is 0 Å². The van der Waals surface area contributed by atoms with E-state index < -0.39 is 17.6 Å². The summed E-state index contributed by atoms with van der Waals surface area (Å²) >= 11 is 0. The van der Waals surface area contributed by atoms with Gasteiger partial charge >= 0.3 is 6.18 Å². The SMILES string of the molecule is O=C(NCCOc1ccc2cc(C(F)(F)F)ccc2n1)c1ccnc(NC(=O)C2CC2)n1. The van der Waals surface area contributed by atoms with Crippen LogP contribution in [0.3, 0.4) is 0 Å². The van der Waals surface area contributed by atoms with Crippen LogP contribution in [0.15, 0.2) is 42.6 Å². The summed E-state index contributed by atoms with van der Waals surface area (Å²) in [5, 5.41) is 5.55. The van der Waals surface area contributed by atoms with Crippen LogP contribution in [0, 0.1) is 5.92 Å². The van der Waals surface area contributed by atoms with Crippen LogP contribution in [-0.2, 0) is 11.0 Å². The molecule has 1 fully saturated rings. The van der Waals surface area contributed by atoms with Gasteiger partial charge in [0.15, 0.2) is 0 Å². The van der Waals surface area contributed by atoms with Gasteiger partial charge in [-0.15, -0.1) is 0 Å². The highest BCUT2D eigenvalue weighted by Gasteiger charge is 2.31. The molecule has 1 aliphatic rings. The van der Waals surface area contributed by atoms with Crippen LogP contribution < -0.4 is 15.4 Å². The summed E-state index contributed by atoms with van der Waals surface area (Å²) in [7, 11) is 0. The van der Waals surface area contributed by atoms with Crippen molar-refractivity contribution in [2.45, 2.75) is 19.0 Å². The standard InChI is InChI=1S/C21H18F3N5O3/c22-21(23,24)14-4-5-15-13(11-14)3-6-17(27-15)32-10-9-25-19(31)16-7-8-26-20(28-16)29-18(30)12-1-2-12/h3-8,11-12H,1-2,9-10H2,(H,25,31)(H,26,28,29,30). The second-order valence-electron chi connectivity index (χ2n) is 7.19. The number of hydrogen-bond acceptors (Lipinski definition) is 6. The molecular formula is C21H18F3N5O3. The lowest BCUT2D eigenvalue weighted by Gasteiger charge is -2.10. The first kappa shape index (κ1) is 21.5. The topological polar surface area (TPSA) is 106 Å². The molecule has 4 rings (SSSR count). The third-order valence-corrected chi connectivity index (χ3v) is 4.70. The molecule has 2 heterocycles. The minimum Gasteiger partial charge on any atom is -0.476 e. The molecule has 166 valence electrons. The van der Waals surface area contributed by atoms with Crippen LogP contribution in [0.25, 0.3) is 10.9 Å². The van der Waals surface area contributed by atoms with E-state index in [-0.39, 0.29) is 42.5 Å². The number of nitrogens with zero attached hydrogens (tertiary/aromatic N) is 3. The Labute approximate surface area is 180 Å². The number of benzene rings is 1. The normalized spacial score (nSPS) is 13.6. The zero-order valence-corrected chi connectivity index (χ0v) is 16.6. The van der Waals surface area contributed by atoms with Gasteiger partial charge in [0.2, 0.25) is 17.7 Å². The lowest BCUT2D eigenvalue weighted by molar-refractivity contribution is -0.137. The van der Waals surface area contributed by atoms with E-state index in [1.54, 1.807) is 0 Å². The van der Waals surface area contributed by atoms with Gasteiger partial charge in [0.25, 0.3) is 5.91 Å². The van der Waals surface area contributed by atoms with Gasteiger partial charge in [-0.1, -0.05) is 0 Å². The molecule has 0 radical (unpaired) electrons. The highest BCUT2D eigenvalue weighted by molar-refractivity contribution is 5.94. The van der Waals surface area contributed by atoms with Gasteiger partial charge in [-0.25, -0.2) is 15.0 Å². The van der Waals surface area contributed by atoms with Crippen LogP contribution >= 0.6 is 0 Å². The Kier molecular flexibility index (Phi) is 5.89. The third-order valence-electron chi connectivity index (χ3n) is 4.70. The Balaban J connectivity index is 1.28. The number of pyridine rings is 1. The molecule has 2 aromatic heterocycles. The average Bonchev–Trinajstić information content (AvgIpc) is 3.61. The molecule has 8 nitrogen and oxygen atoms in total. The van der Waals surface area contributed by atoms with Crippen LogP contribution in [0.2, 0.25) is 0 Å². The van der Waals surface area contributed by atoms with Gasteiger partial charge in [0, 0.05) is 23.6 Å². The maximum Gasteiger partial charge on any atom is 0.416 e. The van der Waals surface area contributed by atoms with E-state index in [0.717, 1.165) is 25.0 Å². The molecule has 11 heteroatoms. The van der Waals surface area contributed by atoms with Gasteiger partial charge in [0.1, 0.15) is 12.3 Å². The average molecular weight is 445 g/mol. The number of carbonyl (C=O) groups excluding carboxylic acids is 2. The zero-order chi connectivity index (χ0) is 22.7. The Morgan fingerprint density at radius 2 is 1.91 bits per heavy atom. The van der Waals surface area contributed by atoms with E-state index in [0.29, 0.717) is 10.9 Å². The molecule has 0 aliphatic heterocycles. The smallest absolute Gasteiger partial charge is 0.416 e. The molecule has 32 heavy (non-hydrogen) atoms. The quantitative estimate of drug-likeness (QED) is 0.541. The van der Waals surface area contributed by atoms with Crippen LogP contribution in [0.1, 0.15) is 28.9 Å². The molecule has 0 spiro atoms. The molecule has 1 saturated carbocycles. The third kappa shape index (κ3) is 5.29. The number of nitrogens with one attached hydrogen (secondary N) is 2. The van der Waals surface area contributed by atoms with Gasteiger partial charge in [0.05, 0.1) is 17.6 Å². The van der Waals surface area contributed by atoms with E-state index in [2.05, 4.69) is 25.6 Å². The number of rotatable bonds is 7. The summed E-state index contributed by atoms with van der Waals surface area (Å²) in [6, 6.07) is 7.63. The van der Waals surface area contributed by atoms with Crippen molar-refractivity contribution >= 4 is 28.7 Å². The number of hydrogen-bond donors (Lipinski definition) is 2. The number of aromatic nitrogens is 3. The minimum absolute atomic E-state index is 0.0105. The van der Waals surface area contributed by atoms with E-state index in [1.165, 1.54) is 30.5 Å². The summed E-state index contributed by atoms with van der Waals surface area (Å²) in [6.07, 6.45) is -1.36. The molecule has 2 N–H and O–H groups in total. The Morgan fingerprint density at radius 3 is 2.66 bits per heavy atom. The minimum atomic E-state index is -4.42. The van der Waals surface area contributed by atoms with Gasteiger partial charge in [-0.05, 0) is 43.2 Å². The fraction of sp³-hybridized carbons (Fsp3) is 0.286. The van der Waals surface area contributed by atoms with Gasteiger partial charge in [-0.3, -0.25) is 14.9 Å². The van der Waals surface area contributed by atoms with Gasteiger partial charge < -0.3 is 10.1 Å². The van der Waals surface area contributed by atoms with Crippen molar-refractivity contribution in [1.29, 1.82) is 0 Å². The number of fused-ring (bicyclic) bond motifs is 1. The number of amides is 2. The maximum atomic E-state index is 12.8. The lowest BCUT2D eigenvalue weighted by atomic mass is 10.1. The molecule has 1 aromatic carbocycles. The van der Waals surface area contributed by atoms with Crippen LogP contribution in [-0.4, -0.2) is 39.9 Å². The molecule has 0 unspecified atom stereocenters. The first-order valence-corrected chi connectivity index (χ1v) is 9.82. The predicted molar refractivity (Wildman–Crippen MR) is 108 cm³/mol. The predicted octanol–water partition coefficient (Wildman–Crippen LogP) is 3.20. The Hall–Kier alpha value is -3.76. The maximum absolute atomic E-state index is 12.8. The van der Waals surface area contributed by atoms with E-state index >= 15 is 0 Å². The number of halogens is 3. The van der Waals surface area contributed by atoms with Crippen molar-refractivity contribution in [2.24, 2.45) is 5.92 Å². The fourth-order valence-electron chi connectivity index (χ4n) is 2.88. The van der Waals surface area contributed by atoms with Crippen molar-refractivity contribution in [3.05, 3.63) is 53.9 Å². The van der Waals surface area contributed by atoms with E-state index in [9.17, 15) is 22.8 Å². The fourth-order valence-corrected chi connectivity index (χ4v) is 2.88. The molecule has 0 atom stereocenters. The monoisotopic (exact) mass is 445 g/mol. The van der Waals surface area contributed by atoms with Crippen molar-refractivity contribution < 1.29 is 27.5 Å². The highest BCUT2D eigenvalue weighted by Crippen LogP contribution is 2.31. The summed E-state index contributed by atoms with van der Waals surface area (Å²) in [5.41, 5.74) is -0.292. The number of alkyl halides is 3. The molecule has 0 bridgehead atoms. The Bertz CT molecular complexity index is 1160. The summed E-state index contributed by atoms with van der Waals surface area (Å²) < 4.78 is 43.9. The second kappa shape index (κ2) is 8.77. The van der Waals surface area contributed by atoms with Crippen molar-refractivity contribution in [3.8, 4) is 5.88 Å². The lowest BCUT2D eigenvalue weighted by Crippen LogP contribution is -2.29. The largest absolute Gasteiger partial charge is 0.476 e. The molecule has 3 aromatic rings. The zero-order valence-electron chi connectivity index (χ0n) is 16.6. The highest BCUT2D eigenvalue weighted by atomic mass is 19.4. The summed E-state index contributed by atoms with van der Waals surface area (Å²) in [5.74, 6) is -0.348. The van der Waals surface area contributed by atoms with E-state index in [4.69, 9.17) is 4.74 Å². The van der Waals surface area contributed by atoms with Crippen LogP contribution in [0.4, 0.5) is 19.1 Å². The number of carbonyl (C=O) groups is 2. The van der Waals surface area contributed by atoms with Crippen molar-refractivity contribution in [3.63, 3.8) is 0 Å². The summed E-state index contributed by atoms with van der Waals surface area (Å²) in [6.45, 7) is 0.223.